The number of aromatic amines is 1. The van der Waals surface area contributed by atoms with E-state index in [-0.39, 0.29) is 4.88 Å². The SMILES string of the molecule is O=C(c1ccc(-c2ccc3[nH]ccc3c2)s1)c1cc(F)c(F)c(O)c1F. The van der Waals surface area contributed by atoms with E-state index in [2.05, 4.69) is 4.98 Å². The number of carbonyl (C=O) groups excluding carboxylic acids is 1. The molecule has 0 atom stereocenters. The van der Waals surface area contributed by atoms with E-state index in [0.29, 0.717) is 6.07 Å². The summed E-state index contributed by atoms with van der Waals surface area (Å²) < 4.78 is 40.6. The number of carbonyl (C=O) groups is 1. The number of rotatable bonds is 3. The van der Waals surface area contributed by atoms with Gasteiger partial charge in [-0.1, -0.05) is 6.07 Å². The quantitative estimate of drug-likeness (QED) is 0.381. The van der Waals surface area contributed by atoms with Gasteiger partial charge in [-0.15, -0.1) is 11.3 Å². The summed E-state index contributed by atoms with van der Waals surface area (Å²) in [6.07, 6.45) is 1.82. The number of hydrogen-bond donors (Lipinski definition) is 2. The lowest BCUT2D eigenvalue weighted by molar-refractivity contribution is 0.103. The number of aromatic nitrogens is 1. The largest absolute Gasteiger partial charge is 0.503 e. The maximum absolute atomic E-state index is 14.0. The summed E-state index contributed by atoms with van der Waals surface area (Å²) in [5.74, 6) is -7.00. The molecule has 2 N–H and O–H groups in total. The highest BCUT2D eigenvalue weighted by Crippen LogP contribution is 2.33. The van der Waals surface area contributed by atoms with Crippen molar-refractivity contribution < 1.29 is 23.1 Å². The van der Waals surface area contributed by atoms with Gasteiger partial charge in [0.1, 0.15) is 0 Å². The molecule has 4 rings (SSSR count). The van der Waals surface area contributed by atoms with E-state index in [9.17, 15) is 23.1 Å². The zero-order valence-corrected chi connectivity index (χ0v) is 13.8. The molecule has 0 bridgehead atoms. The number of phenols is 1. The fraction of sp³-hybridized carbons (Fsp3) is 0. The van der Waals surface area contributed by atoms with E-state index in [1.807, 2.05) is 30.5 Å². The van der Waals surface area contributed by atoms with Crippen molar-refractivity contribution in [2.45, 2.75) is 0 Å². The number of fused-ring (bicyclic) bond motifs is 1. The van der Waals surface area contributed by atoms with Crippen LogP contribution in [0.2, 0.25) is 0 Å². The van der Waals surface area contributed by atoms with Gasteiger partial charge in [0.25, 0.3) is 0 Å². The van der Waals surface area contributed by atoms with Gasteiger partial charge in [-0.3, -0.25) is 4.79 Å². The Balaban J connectivity index is 1.73. The summed E-state index contributed by atoms with van der Waals surface area (Å²) in [6, 6.07) is 11.3. The Bertz CT molecular complexity index is 1160. The van der Waals surface area contributed by atoms with Crippen LogP contribution >= 0.6 is 11.3 Å². The Labute approximate surface area is 149 Å². The maximum atomic E-state index is 14.0. The third-order valence-corrected chi connectivity index (χ3v) is 5.18. The molecule has 0 spiro atoms. The molecule has 0 fully saturated rings. The Kier molecular flexibility index (Phi) is 3.81. The Morgan fingerprint density at radius 3 is 2.62 bits per heavy atom. The molecule has 3 nitrogen and oxygen atoms in total. The van der Waals surface area contributed by atoms with Crippen molar-refractivity contribution in [2.24, 2.45) is 0 Å². The van der Waals surface area contributed by atoms with E-state index in [1.165, 1.54) is 6.07 Å². The van der Waals surface area contributed by atoms with Crippen molar-refractivity contribution in [3.05, 3.63) is 76.6 Å². The average molecular weight is 373 g/mol. The number of ketones is 1. The number of nitrogens with one attached hydrogen (secondary N) is 1. The molecule has 0 aliphatic heterocycles. The van der Waals surface area contributed by atoms with Crippen LogP contribution in [0.1, 0.15) is 15.2 Å². The zero-order chi connectivity index (χ0) is 18.4. The third-order valence-electron chi connectivity index (χ3n) is 4.05. The van der Waals surface area contributed by atoms with Crippen LogP contribution < -0.4 is 0 Å². The monoisotopic (exact) mass is 373 g/mol. The average Bonchev–Trinajstić information content (AvgIpc) is 3.30. The summed E-state index contributed by atoms with van der Waals surface area (Å²) >= 11 is 1.10. The lowest BCUT2D eigenvalue weighted by Crippen LogP contribution is -2.05. The molecule has 26 heavy (non-hydrogen) atoms. The zero-order valence-electron chi connectivity index (χ0n) is 13.0. The summed E-state index contributed by atoms with van der Waals surface area (Å²) in [7, 11) is 0. The van der Waals surface area contributed by atoms with Crippen molar-refractivity contribution in [3.8, 4) is 16.2 Å². The fourth-order valence-corrected chi connectivity index (χ4v) is 3.67. The van der Waals surface area contributed by atoms with Crippen molar-refractivity contribution in [2.75, 3.05) is 0 Å². The molecule has 2 aromatic heterocycles. The standard InChI is InChI=1S/C19H10F3NO2S/c20-12-8-11(16(21)19(25)17(12)22)18(24)15-4-3-14(26-15)10-1-2-13-9(7-10)5-6-23-13/h1-8,23,25H. The van der Waals surface area contributed by atoms with Gasteiger partial charge in [-0.2, -0.15) is 4.39 Å². The number of aromatic hydroxyl groups is 1. The molecular weight excluding hydrogens is 363 g/mol. The molecule has 2 aromatic carbocycles. The van der Waals surface area contributed by atoms with E-state index < -0.39 is 34.5 Å². The molecule has 0 radical (unpaired) electrons. The molecule has 4 aromatic rings. The minimum Gasteiger partial charge on any atom is -0.503 e. The highest BCUT2D eigenvalue weighted by Gasteiger charge is 2.24. The van der Waals surface area contributed by atoms with Crippen LogP contribution in [0.5, 0.6) is 5.75 Å². The van der Waals surface area contributed by atoms with Crippen LogP contribution in [0.3, 0.4) is 0 Å². The minimum absolute atomic E-state index is 0.151. The minimum atomic E-state index is -1.72. The number of benzene rings is 2. The molecule has 0 saturated heterocycles. The second kappa shape index (κ2) is 6.03. The lowest BCUT2D eigenvalue weighted by Gasteiger charge is -2.05. The van der Waals surface area contributed by atoms with Gasteiger partial charge in [0.05, 0.1) is 10.4 Å². The van der Waals surface area contributed by atoms with Gasteiger partial charge < -0.3 is 10.1 Å². The van der Waals surface area contributed by atoms with E-state index in [0.717, 1.165) is 32.7 Å². The predicted molar refractivity (Wildman–Crippen MR) is 93.0 cm³/mol. The van der Waals surface area contributed by atoms with Crippen LogP contribution in [0.4, 0.5) is 13.2 Å². The van der Waals surface area contributed by atoms with Gasteiger partial charge in [0.15, 0.2) is 17.4 Å². The van der Waals surface area contributed by atoms with Gasteiger partial charge in [-0.05, 0) is 47.3 Å². The molecule has 0 unspecified atom stereocenters. The second-order valence-electron chi connectivity index (χ2n) is 5.66. The highest BCUT2D eigenvalue weighted by atomic mass is 32.1. The Hall–Kier alpha value is -3.06. The number of halogens is 3. The smallest absolute Gasteiger partial charge is 0.206 e. The number of phenolic OH excluding ortho intramolecular Hbond substituents is 1. The molecule has 0 amide bonds. The lowest BCUT2D eigenvalue weighted by atomic mass is 10.1. The molecule has 7 heteroatoms. The van der Waals surface area contributed by atoms with Crippen LogP contribution in [-0.2, 0) is 0 Å². The van der Waals surface area contributed by atoms with Crippen molar-refractivity contribution in [1.82, 2.24) is 4.98 Å². The van der Waals surface area contributed by atoms with Crippen molar-refractivity contribution >= 4 is 28.0 Å². The molecule has 0 saturated carbocycles. The van der Waals surface area contributed by atoms with Gasteiger partial charge in [0, 0.05) is 16.6 Å². The summed E-state index contributed by atoms with van der Waals surface area (Å²) in [4.78, 5) is 16.5. The van der Waals surface area contributed by atoms with Gasteiger partial charge in [-0.25, -0.2) is 8.78 Å². The van der Waals surface area contributed by atoms with Crippen LogP contribution in [0, 0.1) is 17.5 Å². The molecule has 130 valence electrons. The molecule has 2 heterocycles. The van der Waals surface area contributed by atoms with Crippen LogP contribution in [0.25, 0.3) is 21.3 Å². The van der Waals surface area contributed by atoms with Crippen LogP contribution in [-0.4, -0.2) is 15.9 Å². The fourth-order valence-electron chi connectivity index (χ4n) is 2.71. The summed E-state index contributed by atoms with van der Waals surface area (Å²) in [5, 5.41) is 10.3. The maximum Gasteiger partial charge on any atom is 0.206 e. The van der Waals surface area contributed by atoms with Crippen LogP contribution in [0.15, 0.2) is 48.7 Å². The normalized spacial score (nSPS) is 11.2. The topological polar surface area (TPSA) is 53.1 Å². The van der Waals surface area contributed by atoms with Gasteiger partial charge in [0.2, 0.25) is 11.6 Å². The second-order valence-corrected chi connectivity index (χ2v) is 6.74. The number of H-pyrrole nitrogens is 1. The third kappa shape index (κ3) is 2.57. The van der Waals surface area contributed by atoms with E-state index >= 15 is 0 Å². The molecule has 0 aliphatic rings. The number of thiophene rings is 1. The first-order valence-corrected chi connectivity index (χ1v) is 8.36. The van der Waals surface area contributed by atoms with Crippen molar-refractivity contribution in [3.63, 3.8) is 0 Å². The van der Waals surface area contributed by atoms with Gasteiger partial charge >= 0.3 is 0 Å². The van der Waals surface area contributed by atoms with E-state index in [1.54, 1.807) is 6.07 Å². The Morgan fingerprint density at radius 1 is 1.00 bits per heavy atom. The first-order valence-electron chi connectivity index (χ1n) is 7.54. The summed E-state index contributed by atoms with van der Waals surface area (Å²) in [6.45, 7) is 0. The Morgan fingerprint density at radius 2 is 1.81 bits per heavy atom. The van der Waals surface area contributed by atoms with E-state index in [4.69, 9.17) is 0 Å². The first-order chi connectivity index (χ1) is 12.5. The number of hydrogen-bond acceptors (Lipinski definition) is 3. The highest BCUT2D eigenvalue weighted by molar-refractivity contribution is 7.17. The molecule has 0 aliphatic carbocycles. The summed E-state index contributed by atoms with van der Waals surface area (Å²) in [5.41, 5.74) is 1.13. The van der Waals surface area contributed by atoms with Crippen molar-refractivity contribution in [1.29, 1.82) is 0 Å². The predicted octanol–water partition coefficient (Wildman–Crippen LogP) is 5.25. The molecular formula is C19H10F3NO2S. The first kappa shape index (κ1) is 16.4.